The number of hydrogen-bond acceptors (Lipinski definition) is 6. The van der Waals surface area contributed by atoms with Gasteiger partial charge in [-0.3, -0.25) is 4.52 Å². The van der Waals surface area contributed by atoms with Crippen molar-refractivity contribution in [2.45, 2.75) is 58.5 Å². The summed E-state index contributed by atoms with van der Waals surface area (Å²) in [5, 5.41) is 1.73. The van der Waals surface area contributed by atoms with Crippen LogP contribution in [-0.2, 0) is 17.9 Å². The summed E-state index contributed by atoms with van der Waals surface area (Å²) in [6.07, 6.45) is -0.563. The summed E-state index contributed by atoms with van der Waals surface area (Å²) in [5.41, 5.74) is 5.72. The number of para-hydroxylation sites is 2. The van der Waals surface area contributed by atoms with Crippen LogP contribution in [0.15, 0.2) is 87.3 Å². The average molecular weight is 625 g/mol. The SMILES string of the molecule is COc1cc(C(C)(C)C)c2op(O[C@@H](c3ccccc3)c3nc4ccccc4n3C)oc3c(C(C)(C)C)cc(OC)cc3c2c1. The Balaban J connectivity index is 1.72. The van der Waals surface area contributed by atoms with Crippen LogP contribution in [-0.4, -0.2) is 23.8 Å². The fourth-order valence-electron chi connectivity index (χ4n) is 5.73. The predicted octanol–water partition coefficient (Wildman–Crippen LogP) is 10.0. The van der Waals surface area contributed by atoms with E-state index in [1.54, 1.807) is 14.2 Å². The molecule has 0 spiro atoms. The summed E-state index contributed by atoms with van der Waals surface area (Å²) in [5.74, 6) is 2.24. The summed E-state index contributed by atoms with van der Waals surface area (Å²) in [7, 11) is 3.40. The molecule has 2 aromatic heterocycles. The molecule has 0 radical (unpaired) electrons. The molecular weight excluding hydrogens is 583 g/mol. The first-order chi connectivity index (χ1) is 21.4. The molecule has 0 aliphatic carbocycles. The van der Waals surface area contributed by atoms with Crippen molar-refractivity contribution >= 4 is 41.2 Å². The highest BCUT2D eigenvalue weighted by Gasteiger charge is 2.29. The van der Waals surface area contributed by atoms with E-state index in [9.17, 15) is 0 Å². The van der Waals surface area contributed by atoms with Gasteiger partial charge in [0, 0.05) is 28.9 Å². The zero-order valence-corrected chi connectivity index (χ0v) is 28.4. The van der Waals surface area contributed by atoms with Crippen molar-refractivity contribution in [1.29, 1.82) is 0 Å². The minimum atomic E-state index is -1.99. The number of aromatic nitrogens is 2. The lowest BCUT2D eigenvalue weighted by Gasteiger charge is -2.21. The monoisotopic (exact) mass is 624 g/mol. The third kappa shape index (κ3) is 5.83. The number of fused-ring (bicyclic) bond motifs is 4. The number of rotatable bonds is 6. The number of hydrogen-bond donors (Lipinski definition) is 0. The molecule has 0 unspecified atom stereocenters. The van der Waals surface area contributed by atoms with Gasteiger partial charge in [-0.25, -0.2) is 4.98 Å². The molecule has 0 saturated carbocycles. The van der Waals surface area contributed by atoms with Crippen LogP contribution in [0.2, 0.25) is 0 Å². The molecule has 0 fully saturated rings. The Bertz CT molecular complexity index is 1970. The molecule has 8 heteroatoms. The van der Waals surface area contributed by atoms with Gasteiger partial charge in [-0.05, 0) is 52.8 Å². The normalized spacial score (nSPS) is 13.0. The van der Waals surface area contributed by atoms with Gasteiger partial charge >= 0.3 is 8.24 Å². The van der Waals surface area contributed by atoms with E-state index >= 15 is 0 Å². The number of methoxy groups -OCH3 is 2. The largest absolute Gasteiger partial charge is 0.497 e. The van der Waals surface area contributed by atoms with Crippen molar-refractivity contribution in [3.05, 3.63) is 101 Å². The van der Waals surface area contributed by atoms with Gasteiger partial charge in [0.15, 0.2) is 6.10 Å². The molecule has 7 nitrogen and oxygen atoms in total. The van der Waals surface area contributed by atoms with Crippen molar-refractivity contribution in [2.75, 3.05) is 14.2 Å². The average Bonchev–Trinajstić information content (AvgIpc) is 3.25. The minimum absolute atomic E-state index is 0.272. The van der Waals surface area contributed by atoms with Gasteiger partial charge in [-0.1, -0.05) is 84.0 Å². The number of nitrogens with zero attached hydrogens (tertiary/aromatic N) is 2. The Labute approximate surface area is 265 Å². The van der Waals surface area contributed by atoms with Gasteiger partial charge in [0.25, 0.3) is 0 Å². The van der Waals surface area contributed by atoms with E-state index in [1.165, 1.54) is 0 Å². The zero-order chi connectivity index (χ0) is 32.1. The van der Waals surface area contributed by atoms with Crippen molar-refractivity contribution < 1.29 is 22.4 Å². The van der Waals surface area contributed by atoms with E-state index in [0.717, 1.165) is 55.8 Å². The molecule has 6 aromatic rings. The van der Waals surface area contributed by atoms with Crippen molar-refractivity contribution in [1.82, 2.24) is 9.55 Å². The van der Waals surface area contributed by atoms with E-state index in [4.69, 9.17) is 27.4 Å². The Morgan fingerprint density at radius 1 is 0.711 bits per heavy atom. The lowest BCUT2D eigenvalue weighted by atomic mass is 9.84. The molecule has 234 valence electrons. The summed E-state index contributed by atoms with van der Waals surface area (Å²) in [6, 6.07) is 26.3. The molecule has 2 heterocycles. The van der Waals surface area contributed by atoms with E-state index in [1.807, 2.05) is 67.7 Å². The molecule has 0 saturated heterocycles. The Morgan fingerprint density at radius 2 is 1.22 bits per heavy atom. The number of imidazole rings is 1. The Hall–Kier alpha value is -4.19. The molecule has 0 aliphatic rings. The second-order valence-electron chi connectivity index (χ2n) is 13.4. The third-order valence-electron chi connectivity index (χ3n) is 8.18. The Kier molecular flexibility index (Phi) is 7.96. The smallest absolute Gasteiger partial charge is 0.388 e. The van der Waals surface area contributed by atoms with Gasteiger partial charge in [0.05, 0.1) is 25.3 Å². The van der Waals surface area contributed by atoms with Gasteiger partial charge < -0.3 is 22.4 Å². The first-order valence-corrected chi connectivity index (χ1v) is 16.2. The highest BCUT2D eigenvalue weighted by atomic mass is 31.1. The summed E-state index contributed by atoms with van der Waals surface area (Å²) < 4.78 is 34.5. The molecule has 1 atom stereocenters. The molecule has 0 bridgehead atoms. The van der Waals surface area contributed by atoms with Crippen LogP contribution in [0.1, 0.15) is 70.2 Å². The molecule has 4 aromatic carbocycles. The van der Waals surface area contributed by atoms with Crippen LogP contribution in [0.5, 0.6) is 11.5 Å². The van der Waals surface area contributed by atoms with Crippen LogP contribution in [0, 0.1) is 0 Å². The van der Waals surface area contributed by atoms with Crippen LogP contribution in [0.3, 0.4) is 0 Å². The minimum Gasteiger partial charge on any atom is -0.497 e. The van der Waals surface area contributed by atoms with Crippen molar-refractivity contribution in [2.24, 2.45) is 7.05 Å². The molecular formula is C37H41N2O5P. The lowest BCUT2D eigenvalue weighted by molar-refractivity contribution is 0.290. The molecule has 45 heavy (non-hydrogen) atoms. The Morgan fingerprint density at radius 3 is 1.71 bits per heavy atom. The first-order valence-electron chi connectivity index (χ1n) is 15.1. The highest BCUT2D eigenvalue weighted by molar-refractivity contribution is 7.31. The van der Waals surface area contributed by atoms with E-state index < -0.39 is 14.3 Å². The summed E-state index contributed by atoms with van der Waals surface area (Å²) in [6.45, 7) is 13.0. The maximum Gasteiger partial charge on any atom is 0.388 e. The second kappa shape index (κ2) is 11.6. The summed E-state index contributed by atoms with van der Waals surface area (Å²) in [4.78, 5) is 5.03. The van der Waals surface area contributed by atoms with Crippen LogP contribution < -0.4 is 14.0 Å². The number of ether oxygens (including phenoxy) is 2. The lowest BCUT2D eigenvalue weighted by Crippen LogP contribution is -2.13. The van der Waals surface area contributed by atoms with E-state index in [0.29, 0.717) is 11.2 Å². The van der Waals surface area contributed by atoms with Crippen LogP contribution in [0.4, 0.5) is 0 Å². The van der Waals surface area contributed by atoms with Gasteiger partial charge in [0.2, 0.25) is 0 Å². The fourth-order valence-corrected chi connectivity index (χ4v) is 6.93. The maximum absolute atomic E-state index is 6.99. The fraction of sp³-hybridized carbons (Fsp3) is 0.324. The second-order valence-corrected chi connectivity index (χ2v) is 14.4. The highest BCUT2D eigenvalue weighted by Crippen LogP contribution is 2.46. The van der Waals surface area contributed by atoms with Gasteiger partial charge in [-0.15, -0.1) is 0 Å². The van der Waals surface area contributed by atoms with Crippen LogP contribution >= 0.6 is 8.24 Å². The molecule has 0 amide bonds. The molecule has 0 N–H and O–H groups in total. The van der Waals surface area contributed by atoms with E-state index in [2.05, 4.69) is 64.3 Å². The zero-order valence-electron chi connectivity index (χ0n) is 27.5. The molecule has 0 aliphatic heterocycles. The number of benzene rings is 4. The standard InChI is InChI=1S/C37H41N2O5P/c1-36(2,3)28-21-24(40-8)19-26-27-20-25(41-9)22-29(37(4,5)6)34(27)44-45(43-33(26)28)42-32(23-15-11-10-12-16-23)35-38-30-17-13-14-18-31(30)39(35)7/h10-22,32H,1-9H3/t32-/m0/s1. The molecule has 6 rings (SSSR count). The van der Waals surface area contributed by atoms with Crippen molar-refractivity contribution in [3.8, 4) is 11.5 Å². The number of aryl methyl sites for hydroxylation is 1. The van der Waals surface area contributed by atoms with Gasteiger partial charge in [-0.2, -0.15) is 0 Å². The third-order valence-corrected chi connectivity index (χ3v) is 9.23. The van der Waals surface area contributed by atoms with Crippen molar-refractivity contribution in [3.63, 3.8) is 0 Å². The summed E-state index contributed by atoms with van der Waals surface area (Å²) >= 11 is 0. The predicted molar refractivity (Wildman–Crippen MR) is 182 cm³/mol. The first kappa shape index (κ1) is 30.8. The maximum atomic E-state index is 6.99. The topological polar surface area (TPSA) is 71.8 Å². The van der Waals surface area contributed by atoms with Gasteiger partial charge in [0.1, 0.15) is 28.5 Å². The van der Waals surface area contributed by atoms with Crippen LogP contribution in [0.25, 0.3) is 33.0 Å². The quantitative estimate of drug-likeness (QED) is 0.184. The van der Waals surface area contributed by atoms with E-state index in [-0.39, 0.29) is 10.8 Å².